The van der Waals surface area contributed by atoms with Crippen LogP contribution in [0.3, 0.4) is 0 Å². The lowest BCUT2D eigenvalue weighted by Crippen LogP contribution is -2.58. The second kappa shape index (κ2) is 4.83. The molecule has 0 radical (unpaired) electrons. The average molecular weight is 195 g/mol. The van der Waals surface area contributed by atoms with Crippen LogP contribution in [0, 0.1) is 0 Å². The smallest absolute Gasteiger partial charge is 0.261 e. The highest BCUT2D eigenvalue weighted by Crippen LogP contribution is 2.25. The molecule has 0 aromatic heterocycles. The molecule has 13 heavy (non-hydrogen) atoms. The van der Waals surface area contributed by atoms with Gasteiger partial charge in [-0.2, -0.15) is 0 Å². The molecule has 0 aromatic carbocycles. The first-order chi connectivity index (χ1) is 6.15. The van der Waals surface area contributed by atoms with Crippen molar-refractivity contribution in [2.45, 2.75) is 38.0 Å². The molecule has 0 amide bonds. The quantitative estimate of drug-likeness (QED) is 0.704. The number of rotatable bonds is 5. The van der Waals surface area contributed by atoms with Crippen LogP contribution in [-0.2, 0) is 9.47 Å². The van der Waals surface area contributed by atoms with Gasteiger partial charge in [0.2, 0.25) is 0 Å². The summed E-state index contributed by atoms with van der Waals surface area (Å²) in [4.78, 5) is 0. The van der Waals surface area contributed by atoms with Crippen LogP contribution in [0.1, 0.15) is 13.3 Å². The van der Waals surface area contributed by atoms with Crippen LogP contribution in [0.25, 0.3) is 0 Å². The maximum absolute atomic E-state index is 11.8. The van der Waals surface area contributed by atoms with E-state index in [0.717, 1.165) is 0 Å². The molecule has 5 heteroatoms. The van der Waals surface area contributed by atoms with E-state index in [9.17, 15) is 8.78 Å². The van der Waals surface area contributed by atoms with E-state index < -0.39 is 13.0 Å². The minimum absolute atomic E-state index is 0.0670. The van der Waals surface area contributed by atoms with E-state index in [0.29, 0.717) is 13.0 Å². The first-order valence-corrected chi connectivity index (χ1v) is 4.42. The van der Waals surface area contributed by atoms with Gasteiger partial charge >= 0.3 is 0 Å². The normalized spacial score (nSPS) is 33.5. The minimum atomic E-state index is -2.42. The molecule has 0 spiro atoms. The highest BCUT2D eigenvalue weighted by atomic mass is 19.3. The van der Waals surface area contributed by atoms with Gasteiger partial charge in [-0.05, 0) is 13.3 Å². The van der Waals surface area contributed by atoms with Gasteiger partial charge in [0.1, 0.15) is 6.61 Å². The van der Waals surface area contributed by atoms with Crippen molar-refractivity contribution in [2.24, 2.45) is 5.73 Å². The van der Waals surface area contributed by atoms with Crippen LogP contribution < -0.4 is 5.73 Å². The number of halogens is 2. The Hall–Kier alpha value is -0.260. The number of hydrogen-bond donors (Lipinski definition) is 1. The fraction of sp³-hybridized carbons (Fsp3) is 1.00. The Labute approximate surface area is 76.2 Å². The van der Waals surface area contributed by atoms with E-state index in [1.165, 1.54) is 0 Å². The van der Waals surface area contributed by atoms with Gasteiger partial charge in [-0.1, -0.05) is 0 Å². The molecule has 78 valence electrons. The Balaban J connectivity index is 2.20. The third-order valence-electron chi connectivity index (χ3n) is 2.09. The van der Waals surface area contributed by atoms with Gasteiger partial charge in [-0.25, -0.2) is 8.78 Å². The summed E-state index contributed by atoms with van der Waals surface area (Å²) in [6.45, 7) is 1.85. The van der Waals surface area contributed by atoms with Crippen LogP contribution in [-0.4, -0.2) is 37.9 Å². The molecule has 1 saturated carbocycles. The molecule has 0 saturated heterocycles. The maximum Gasteiger partial charge on any atom is 0.261 e. The Bertz CT molecular complexity index is 157. The van der Waals surface area contributed by atoms with E-state index in [1.54, 1.807) is 0 Å². The summed E-state index contributed by atoms with van der Waals surface area (Å²) >= 11 is 0. The van der Waals surface area contributed by atoms with Crippen molar-refractivity contribution in [2.75, 3.05) is 13.2 Å². The van der Waals surface area contributed by atoms with Gasteiger partial charge in [0.05, 0.1) is 12.2 Å². The van der Waals surface area contributed by atoms with Gasteiger partial charge in [0.25, 0.3) is 6.43 Å². The summed E-state index contributed by atoms with van der Waals surface area (Å²) in [7, 11) is 0. The third kappa shape index (κ3) is 2.86. The van der Waals surface area contributed by atoms with Crippen LogP contribution in [0.4, 0.5) is 8.78 Å². The Morgan fingerprint density at radius 3 is 2.62 bits per heavy atom. The number of hydrogen-bond acceptors (Lipinski definition) is 3. The molecule has 0 heterocycles. The van der Waals surface area contributed by atoms with Crippen molar-refractivity contribution in [3.63, 3.8) is 0 Å². The van der Waals surface area contributed by atoms with Crippen molar-refractivity contribution in [1.82, 2.24) is 0 Å². The van der Waals surface area contributed by atoms with Gasteiger partial charge in [-0.3, -0.25) is 0 Å². The lowest BCUT2D eigenvalue weighted by Gasteiger charge is -2.41. The first-order valence-electron chi connectivity index (χ1n) is 4.42. The monoisotopic (exact) mass is 195 g/mol. The van der Waals surface area contributed by atoms with E-state index in [2.05, 4.69) is 0 Å². The summed E-state index contributed by atoms with van der Waals surface area (Å²) in [5, 5.41) is 0. The largest absolute Gasteiger partial charge is 0.374 e. The predicted octanol–water partition coefficient (Wildman–Crippen LogP) is 0.773. The van der Waals surface area contributed by atoms with Crippen molar-refractivity contribution < 1.29 is 18.3 Å². The summed E-state index contributed by atoms with van der Waals surface area (Å²) in [6, 6.07) is -0.0670. The van der Waals surface area contributed by atoms with E-state index in [-0.39, 0.29) is 18.2 Å². The topological polar surface area (TPSA) is 44.5 Å². The summed E-state index contributed by atoms with van der Waals surface area (Å²) in [6.07, 6.45) is -2.26. The predicted molar refractivity (Wildman–Crippen MR) is 43.8 cm³/mol. The van der Waals surface area contributed by atoms with Gasteiger partial charge in [0.15, 0.2) is 0 Å². The maximum atomic E-state index is 11.8. The summed E-state index contributed by atoms with van der Waals surface area (Å²) < 4.78 is 33.7. The van der Waals surface area contributed by atoms with Crippen molar-refractivity contribution in [3.8, 4) is 0 Å². The summed E-state index contributed by atoms with van der Waals surface area (Å²) in [5.74, 6) is 0. The fourth-order valence-electron chi connectivity index (χ4n) is 1.40. The van der Waals surface area contributed by atoms with Crippen LogP contribution in [0.2, 0.25) is 0 Å². The Morgan fingerprint density at radius 2 is 2.15 bits per heavy atom. The molecule has 0 aliphatic heterocycles. The molecule has 3 nitrogen and oxygen atoms in total. The summed E-state index contributed by atoms with van der Waals surface area (Å²) in [5.41, 5.74) is 5.61. The zero-order valence-corrected chi connectivity index (χ0v) is 7.58. The molecular weight excluding hydrogens is 180 g/mol. The number of ether oxygens (including phenoxy) is 2. The molecule has 2 N–H and O–H groups in total. The molecule has 0 aromatic rings. The second-order valence-electron chi connectivity index (χ2n) is 3.08. The Kier molecular flexibility index (Phi) is 4.02. The third-order valence-corrected chi connectivity index (χ3v) is 2.09. The molecule has 3 atom stereocenters. The SMILES string of the molecule is CCOC1C(N)CC1OCC(F)F. The van der Waals surface area contributed by atoms with Crippen molar-refractivity contribution in [3.05, 3.63) is 0 Å². The van der Waals surface area contributed by atoms with Crippen LogP contribution in [0.15, 0.2) is 0 Å². The lowest BCUT2D eigenvalue weighted by molar-refractivity contribution is -0.152. The van der Waals surface area contributed by atoms with E-state index in [1.807, 2.05) is 6.92 Å². The molecule has 0 bridgehead atoms. The van der Waals surface area contributed by atoms with Gasteiger partial charge in [0, 0.05) is 12.6 Å². The molecule has 1 fully saturated rings. The highest BCUT2D eigenvalue weighted by molar-refractivity contribution is 4.95. The average Bonchev–Trinajstić information content (AvgIpc) is 2.07. The molecule has 1 aliphatic carbocycles. The molecule has 1 aliphatic rings. The minimum Gasteiger partial charge on any atom is -0.374 e. The molecule has 1 rings (SSSR count). The lowest BCUT2D eigenvalue weighted by atomic mass is 9.86. The number of alkyl halides is 2. The van der Waals surface area contributed by atoms with Crippen LogP contribution in [0.5, 0.6) is 0 Å². The first kappa shape index (κ1) is 10.8. The highest BCUT2D eigenvalue weighted by Gasteiger charge is 2.40. The molecule has 3 unspecified atom stereocenters. The van der Waals surface area contributed by atoms with Gasteiger partial charge < -0.3 is 15.2 Å². The van der Waals surface area contributed by atoms with E-state index >= 15 is 0 Å². The van der Waals surface area contributed by atoms with Crippen molar-refractivity contribution >= 4 is 0 Å². The Morgan fingerprint density at radius 1 is 1.46 bits per heavy atom. The van der Waals surface area contributed by atoms with Crippen LogP contribution >= 0.6 is 0 Å². The standard InChI is InChI=1S/C8H15F2NO2/c1-2-12-8-5(11)3-6(8)13-4-7(9)10/h5-8H,2-4,11H2,1H3. The van der Waals surface area contributed by atoms with Gasteiger partial charge in [-0.15, -0.1) is 0 Å². The molecular formula is C8H15F2NO2. The second-order valence-corrected chi connectivity index (χ2v) is 3.08. The fourth-order valence-corrected chi connectivity index (χ4v) is 1.40. The number of nitrogens with two attached hydrogens (primary N) is 1. The van der Waals surface area contributed by atoms with Crippen molar-refractivity contribution in [1.29, 1.82) is 0 Å². The van der Waals surface area contributed by atoms with E-state index in [4.69, 9.17) is 15.2 Å². The zero-order chi connectivity index (χ0) is 9.84. The zero-order valence-electron chi connectivity index (χ0n) is 7.58.